The summed E-state index contributed by atoms with van der Waals surface area (Å²) in [6.45, 7) is 7.14. The van der Waals surface area contributed by atoms with Crippen LogP contribution in [0.5, 0.6) is 0 Å². The van der Waals surface area contributed by atoms with Crippen molar-refractivity contribution < 1.29 is 14.1 Å². The van der Waals surface area contributed by atoms with Crippen molar-refractivity contribution >= 4 is 17.2 Å². The molecule has 1 saturated heterocycles. The van der Waals surface area contributed by atoms with Gasteiger partial charge in [-0.05, 0) is 32.9 Å². The summed E-state index contributed by atoms with van der Waals surface area (Å²) in [5.74, 6) is 0.740. The fourth-order valence-corrected chi connectivity index (χ4v) is 4.05. The van der Waals surface area contributed by atoms with Crippen LogP contribution >= 0.6 is 11.3 Å². The summed E-state index contributed by atoms with van der Waals surface area (Å²) < 4.78 is 11.2. The van der Waals surface area contributed by atoms with E-state index >= 15 is 0 Å². The second-order valence-electron chi connectivity index (χ2n) is 6.52. The standard InChI is InChI=1S/C19H20N4O3S/c1-11-17(13(3)26-22-11)15-6-4-5-14(21-15)16-9-23(7-8-25-16)19(24)18-12(2)20-10-27-18/h4-6,10,16H,7-9H2,1-3H3/t16-/m1/s1. The number of thiazole rings is 1. The van der Waals surface area contributed by atoms with Crippen LogP contribution in [0.2, 0.25) is 0 Å². The fourth-order valence-electron chi connectivity index (χ4n) is 3.28. The fraction of sp³-hybridized carbons (Fsp3) is 0.368. The lowest BCUT2D eigenvalue weighted by molar-refractivity contribution is -0.0245. The first-order chi connectivity index (χ1) is 13.0. The first kappa shape index (κ1) is 17.8. The van der Waals surface area contributed by atoms with Crippen LogP contribution < -0.4 is 0 Å². The molecule has 1 aliphatic rings. The Bertz CT molecular complexity index is 962. The van der Waals surface area contributed by atoms with Crippen LogP contribution in [-0.4, -0.2) is 45.6 Å². The van der Waals surface area contributed by atoms with Gasteiger partial charge in [0.2, 0.25) is 0 Å². The van der Waals surface area contributed by atoms with E-state index in [1.165, 1.54) is 11.3 Å². The van der Waals surface area contributed by atoms with Crippen molar-refractivity contribution in [3.63, 3.8) is 0 Å². The van der Waals surface area contributed by atoms with Crippen molar-refractivity contribution in [2.75, 3.05) is 19.7 Å². The van der Waals surface area contributed by atoms with Gasteiger partial charge in [0.25, 0.3) is 5.91 Å². The van der Waals surface area contributed by atoms with Gasteiger partial charge < -0.3 is 14.2 Å². The average molecular weight is 384 g/mol. The number of carbonyl (C=O) groups is 1. The number of aryl methyl sites for hydroxylation is 3. The van der Waals surface area contributed by atoms with E-state index in [1.807, 2.05) is 43.9 Å². The molecule has 0 aliphatic carbocycles. The van der Waals surface area contributed by atoms with Crippen molar-refractivity contribution in [2.45, 2.75) is 26.9 Å². The smallest absolute Gasteiger partial charge is 0.266 e. The molecular weight excluding hydrogens is 364 g/mol. The van der Waals surface area contributed by atoms with Crippen LogP contribution in [0.25, 0.3) is 11.3 Å². The first-order valence-corrected chi connectivity index (χ1v) is 9.63. The lowest BCUT2D eigenvalue weighted by Crippen LogP contribution is -2.42. The van der Waals surface area contributed by atoms with E-state index in [0.717, 1.165) is 34.1 Å². The molecule has 0 spiro atoms. The predicted molar refractivity (Wildman–Crippen MR) is 101 cm³/mol. The van der Waals surface area contributed by atoms with E-state index < -0.39 is 0 Å². The molecular formula is C19H20N4O3S. The molecule has 3 aromatic heterocycles. The quantitative estimate of drug-likeness (QED) is 0.689. The zero-order valence-corrected chi connectivity index (χ0v) is 16.2. The Morgan fingerprint density at radius 3 is 2.81 bits per heavy atom. The number of nitrogens with zero attached hydrogens (tertiary/aromatic N) is 4. The predicted octanol–water partition coefficient (Wildman–Crippen LogP) is 3.33. The van der Waals surface area contributed by atoms with E-state index in [2.05, 4.69) is 10.1 Å². The first-order valence-electron chi connectivity index (χ1n) is 8.75. The van der Waals surface area contributed by atoms with Crippen molar-refractivity contribution in [1.29, 1.82) is 0 Å². The third kappa shape index (κ3) is 3.38. The summed E-state index contributed by atoms with van der Waals surface area (Å²) in [7, 11) is 0. The molecule has 1 aliphatic heterocycles. The Labute approximate surface area is 161 Å². The third-order valence-corrected chi connectivity index (χ3v) is 5.60. The van der Waals surface area contributed by atoms with E-state index in [0.29, 0.717) is 24.6 Å². The van der Waals surface area contributed by atoms with Gasteiger partial charge in [-0.2, -0.15) is 0 Å². The highest BCUT2D eigenvalue weighted by Crippen LogP contribution is 2.28. The number of hydrogen-bond donors (Lipinski definition) is 0. The Kier molecular flexibility index (Phi) is 4.75. The molecule has 7 nitrogen and oxygen atoms in total. The molecule has 8 heteroatoms. The zero-order valence-electron chi connectivity index (χ0n) is 15.4. The van der Waals surface area contributed by atoms with Crippen LogP contribution in [0, 0.1) is 20.8 Å². The number of carbonyl (C=O) groups excluding carboxylic acids is 1. The summed E-state index contributed by atoms with van der Waals surface area (Å²) in [5, 5.41) is 4.00. The Hall–Kier alpha value is -2.58. The molecule has 1 amide bonds. The Balaban J connectivity index is 1.58. The van der Waals surface area contributed by atoms with Crippen molar-refractivity contribution in [3.8, 4) is 11.3 Å². The minimum Gasteiger partial charge on any atom is -0.368 e. The van der Waals surface area contributed by atoms with Gasteiger partial charge in [-0.1, -0.05) is 11.2 Å². The molecule has 4 rings (SSSR count). The lowest BCUT2D eigenvalue weighted by atomic mass is 10.1. The number of amides is 1. The topological polar surface area (TPSA) is 81.4 Å². The number of aromatic nitrogens is 3. The summed E-state index contributed by atoms with van der Waals surface area (Å²) in [5.41, 5.74) is 5.78. The third-order valence-electron chi connectivity index (χ3n) is 4.68. The summed E-state index contributed by atoms with van der Waals surface area (Å²) in [6, 6.07) is 5.81. The molecule has 0 aromatic carbocycles. The van der Waals surface area contributed by atoms with Crippen LogP contribution in [0.3, 0.4) is 0 Å². The molecule has 4 heterocycles. The number of pyridine rings is 1. The van der Waals surface area contributed by atoms with Crippen molar-refractivity contribution in [3.05, 3.63) is 51.4 Å². The summed E-state index contributed by atoms with van der Waals surface area (Å²) in [4.78, 5) is 24.2. The maximum Gasteiger partial charge on any atom is 0.266 e. The van der Waals surface area contributed by atoms with Crippen LogP contribution in [-0.2, 0) is 4.74 Å². The van der Waals surface area contributed by atoms with Gasteiger partial charge in [0.1, 0.15) is 16.7 Å². The molecule has 0 saturated carbocycles. The maximum absolute atomic E-state index is 12.8. The SMILES string of the molecule is Cc1ncsc1C(=O)N1CCO[C@@H](c2cccc(-c3c(C)noc3C)n2)C1. The second-order valence-corrected chi connectivity index (χ2v) is 7.38. The van der Waals surface area contributed by atoms with Gasteiger partial charge >= 0.3 is 0 Å². The highest BCUT2D eigenvalue weighted by Gasteiger charge is 2.29. The normalized spacial score (nSPS) is 17.3. The molecule has 27 heavy (non-hydrogen) atoms. The minimum absolute atomic E-state index is 0.00479. The molecule has 1 atom stereocenters. The molecule has 3 aromatic rings. The second kappa shape index (κ2) is 7.21. The van der Waals surface area contributed by atoms with Crippen molar-refractivity contribution in [2.24, 2.45) is 0 Å². The largest absolute Gasteiger partial charge is 0.368 e. The monoisotopic (exact) mass is 384 g/mol. The van der Waals surface area contributed by atoms with Gasteiger partial charge in [-0.15, -0.1) is 11.3 Å². The average Bonchev–Trinajstić information content (AvgIpc) is 3.26. The minimum atomic E-state index is -0.267. The number of hydrogen-bond acceptors (Lipinski definition) is 7. The lowest BCUT2D eigenvalue weighted by Gasteiger charge is -2.32. The molecule has 0 N–H and O–H groups in total. The van der Waals surface area contributed by atoms with Gasteiger partial charge in [0.05, 0.1) is 47.0 Å². The number of rotatable bonds is 3. The van der Waals surface area contributed by atoms with E-state index in [1.54, 1.807) is 5.51 Å². The van der Waals surface area contributed by atoms with Gasteiger partial charge in [-0.25, -0.2) is 9.97 Å². The summed E-state index contributed by atoms with van der Waals surface area (Å²) >= 11 is 1.38. The maximum atomic E-state index is 12.8. The molecule has 0 radical (unpaired) electrons. The molecule has 140 valence electrons. The van der Waals surface area contributed by atoms with E-state index in [-0.39, 0.29) is 12.0 Å². The van der Waals surface area contributed by atoms with Crippen molar-refractivity contribution in [1.82, 2.24) is 20.0 Å². The zero-order chi connectivity index (χ0) is 19.0. The summed E-state index contributed by atoms with van der Waals surface area (Å²) in [6.07, 6.45) is -0.267. The molecule has 0 unspecified atom stereocenters. The van der Waals surface area contributed by atoms with Gasteiger partial charge in [-0.3, -0.25) is 4.79 Å². The van der Waals surface area contributed by atoms with E-state index in [4.69, 9.17) is 14.2 Å². The molecule has 0 bridgehead atoms. The van der Waals surface area contributed by atoms with Gasteiger partial charge in [0.15, 0.2) is 0 Å². The van der Waals surface area contributed by atoms with E-state index in [9.17, 15) is 4.79 Å². The molecule has 1 fully saturated rings. The van der Waals surface area contributed by atoms with Crippen LogP contribution in [0.4, 0.5) is 0 Å². The number of ether oxygens (including phenoxy) is 1. The highest BCUT2D eigenvalue weighted by atomic mass is 32.1. The van der Waals surface area contributed by atoms with Crippen LogP contribution in [0.15, 0.2) is 28.2 Å². The highest BCUT2D eigenvalue weighted by molar-refractivity contribution is 7.11. The van der Waals surface area contributed by atoms with Crippen LogP contribution in [0.1, 0.15) is 38.6 Å². The Morgan fingerprint density at radius 2 is 2.11 bits per heavy atom. The Morgan fingerprint density at radius 1 is 1.26 bits per heavy atom. The number of morpholine rings is 1. The van der Waals surface area contributed by atoms with Gasteiger partial charge in [0, 0.05) is 6.54 Å².